The van der Waals surface area contributed by atoms with Gasteiger partial charge in [0, 0.05) is 18.3 Å². The van der Waals surface area contributed by atoms with Crippen molar-refractivity contribution < 1.29 is 13.2 Å². The first kappa shape index (κ1) is 18.5. The molecule has 3 aromatic rings. The predicted molar refractivity (Wildman–Crippen MR) is 105 cm³/mol. The maximum absolute atomic E-state index is 12.7. The standard InChI is InChI=1S/C18H19N3O3S2/c1-12(25-18-19-15-6-4-5-7-16(15)21(18)2)17(22)13-8-10-14(11-9-13)20-26(3,23)24/h4-12,20H,1-3H3. The van der Waals surface area contributed by atoms with E-state index in [1.807, 2.05) is 42.8 Å². The monoisotopic (exact) mass is 389 g/mol. The summed E-state index contributed by atoms with van der Waals surface area (Å²) in [6.07, 6.45) is 1.08. The van der Waals surface area contributed by atoms with Crippen LogP contribution >= 0.6 is 11.8 Å². The third-order valence-electron chi connectivity index (χ3n) is 3.87. The molecule has 3 rings (SSSR count). The number of ketones is 1. The van der Waals surface area contributed by atoms with E-state index in [-0.39, 0.29) is 11.0 Å². The van der Waals surface area contributed by atoms with Gasteiger partial charge in [0.25, 0.3) is 0 Å². The molecule has 0 amide bonds. The Labute approximate surface area is 156 Å². The number of Topliss-reactive ketones (excluding diaryl/α,β-unsaturated/α-hetero) is 1. The van der Waals surface area contributed by atoms with E-state index >= 15 is 0 Å². The first-order valence-corrected chi connectivity index (χ1v) is 10.7. The highest BCUT2D eigenvalue weighted by Gasteiger charge is 2.19. The molecule has 0 spiro atoms. The first-order valence-electron chi connectivity index (χ1n) is 7.95. The summed E-state index contributed by atoms with van der Waals surface area (Å²) >= 11 is 1.40. The number of nitrogens with zero attached hydrogens (tertiary/aromatic N) is 2. The molecule has 6 nitrogen and oxygen atoms in total. The molecule has 0 aliphatic rings. The molecule has 1 aromatic heterocycles. The van der Waals surface area contributed by atoms with Crippen molar-refractivity contribution in [3.05, 3.63) is 54.1 Å². The highest BCUT2D eigenvalue weighted by Crippen LogP contribution is 2.28. The number of fused-ring (bicyclic) bond motifs is 1. The first-order chi connectivity index (χ1) is 12.2. The molecule has 2 aromatic carbocycles. The van der Waals surface area contributed by atoms with E-state index in [1.54, 1.807) is 24.3 Å². The number of benzene rings is 2. The summed E-state index contributed by atoms with van der Waals surface area (Å²) in [5.41, 5.74) is 2.88. The quantitative estimate of drug-likeness (QED) is 0.517. The lowest BCUT2D eigenvalue weighted by atomic mass is 10.1. The van der Waals surface area contributed by atoms with E-state index in [0.717, 1.165) is 22.4 Å². The summed E-state index contributed by atoms with van der Waals surface area (Å²) in [5.74, 6) is -0.0343. The number of thioether (sulfide) groups is 1. The largest absolute Gasteiger partial charge is 0.322 e. The van der Waals surface area contributed by atoms with Gasteiger partial charge in [-0.1, -0.05) is 23.9 Å². The van der Waals surface area contributed by atoms with E-state index in [9.17, 15) is 13.2 Å². The van der Waals surface area contributed by atoms with Crippen molar-refractivity contribution in [2.24, 2.45) is 7.05 Å². The number of para-hydroxylation sites is 2. The third kappa shape index (κ3) is 4.08. The Morgan fingerprint density at radius 2 is 1.81 bits per heavy atom. The van der Waals surface area contributed by atoms with Gasteiger partial charge in [-0.25, -0.2) is 13.4 Å². The second-order valence-electron chi connectivity index (χ2n) is 6.02. The Hall–Kier alpha value is -2.32. The molecule has 1 unspecified atom stereocenters. The number of anilines is 1. The lowest BCUT2D eigenvalue weighted by Crippen LogP contribution is -2.15. The van der Waals surface area contributed by atoms with Crippen LogP contribution in [0.5, 0.6) is 0 Å². The number of carbonyl (C=O) groups is 1. The predicted octanol–water partition coefficient (Wildman–Crippen LogP) is 3.31. The number of hydrogen-bond donors (Lipinski definition) is 1. The molecule has 1 heterocycles. The van der Waals surface area contributed by atoms with Crippen LogP contribution in [0.3, 0.4) is 0 Å². The number of carbonyl (C=O) groups excluding carboxylic acids is 1. The van der Waals surface area contributed by atoms with Gasteiger partial charge in [0.2, 0.25) is 10.0 Å². The number of rotatable bonds is 6. The minimum absolute atomic E-state index is 0.0343. The molecular weight excluding hydrogens is 370 g/mol. The zero-order valence-electron chi connectivity index (χ0n) is 14.6. The molecule has 0 aliphatic heterocycles. The summed E-state index contributed by atoms with van der Waals surface area (Å²) in [4.78, 5) is 17.3. The Kier molecular flexibility index (Phi) is 5.06. The Bertz CT molecular complexity index is 1060. The number of nitrogens with one attached hydrogen (secondary N) is 1. The number of aromatic nitrogens is 2. The summed E-state index contributed by atoms with van der Waals surface area (Å²) < 4.78 is 26.8. The maximum atomic E-state index is 12.7. The van der Waals surface area contributed by atoms with Crippen LogP contribution in [0.2, 0.25) is 0 Å². The average molecular weight is 390 g/mol. The molecule has 1 N–H and O–H groups in total. The van der Waals surface area contributed by atoms with E-state index in [0.29, 0.717) is 11.3 Å². The van der Waals surface area contributed by atoms with Gasteiger partial charge < -0.3 is 4.57 Å². The molecule has 0 fully saturated rings. The second-order valence-corrected chi connectivity index (χ2v) is 9.07. The van der Waals surface area contributed by atoms with E-state index in [1.165, 1.54) is 11.8 Å². The van der Waals surface area contributed by atoms with Gasteiger partial charge >= 0.3 is 0 Å². The molecule has 0 saturated heterocycles. The van der Waals surface area contributed by atoms with Gasteiger partial charge in [-0.2, -0.15) is 0 Å². The van der Waals surface area contributed by atoms with Crippen LogP contribution in [-0.4, -0.2) is 35.3 Å². The highest BCUT2D eigenvalue weighted by atomic mass is 32.2. The van der Waals surface area contributed by atoms with Crippen LogP contribution in [0, 0.1) is 0 Å². The smallest absolute Gasteiger partial charge is 0.229 e. The van der Waals surface area contributed by atoms with Crippen molar-refractivity contribution in [3.63, 3.8) is 0 Å². The summed E-state index contributed by atoms with van der Waals surface area (Å²) in [6, 6.07) is 14.3. The van der Waals surface area contributed by atoms with Crippen LogP contribution in [0.1, 0.15) is 17.3 Å². The molecule has 1 atom stereocenters. The van der Waals surface area contributed by atoms with Gasteiger partial charge in [-0.3, -0.25) is 9.52 Å². The average Bonchev–Trinajstić information content (AvgIpc) is 2.90. The van der Waals surface area contributed by atoms with Gasteiger partial charge in [-0.15, -0.1) is 0 Å². The van der Waals surface area contributed by atoms with Crippen LogP contribution in [-0.2, 0) is 17.1 Å². The van der Waals surface area contributed by atoms with Crippen molar-refractivity contribution in [2.45, 2.75) is 17.3 Å². The molecule has 26 heavy (non-hydrogen) atoms. The zero-order valence-corrected chi connectivity index (χ0v) is 16.3. The van der Waals surface area contributed by atoms with Crippen LogP contribution < -0.4 is 4.72 Å². The lowest BCUT2D eigenvalue weighted by Gasteiger charge is -2.11. The number of sulfonamides is 1. The molecule has 8 heteroatoms. The molecule has 0 saturated carbocycles. The van der Waals surface area contributed by atoms with E-state index in [4.69, 9.17) is 0 Å². The van der Waals surface area contributed by atoms with Crippen LogP contribution in [0.25, 0.3) is 11.0 Å². The maximum Gasteiger partial charge on any atom is 0.229 e. The lowest BCUT2D eigenvalue weighted by molar-refractivity contribution is 0.0994. The molecular formula is C18H19N3O3S2. The van der Waals surface area contributed by atoms with E-state index in [2.05, 4.69) is 9.71 Å². The topological polar surface area (TPSA) is 81.1 Å². The number of hydrogen-bond acceptors (Lipinski definition) is 5. The van der Waals surface area contributed by atoms with Crippen molar-refractivity contribution in [3.8, 4) is 0 Å². The van der Waals surface area contributed by atoms with Crippen molar-refractivity contribution in [1.82, 2.24) is 9.55 Å². The summed E-state index contributed by atoms with van der Waals surface area (Å²) in [7, 11) is -1.40. The van der Waals surface area contributed by atoms with Crippen molar-refractivity contribution in [2.75, 3.05) is 11.0 Å². The van der Waals surface area contributed by atoms with Gasteiger partial charge in [-0.05, 0) is 43.3 Å². The van der Waals surface area contributed by atoms with Crippen molar-refractivity contribution >= 4 is 44.3 Å². The van der Waals surface area contributed by atoms with Gasteiger partial charge in [0.15, 0.2) is 10.9 Å². The Morgan fingerprint density at radius 3 is 2.42 bits per heavy atom. The van der Waals surface area contributed by atoms with Crippen LogP contribution in [0.15, 0.2) is 53.7 Å². The molecule has 0 aliphatic carbocycles. The number of aryl methyl sites for hydroxylation is 1. The fourth-order valence-corrected chi connectivity index (χ4v) is 4.12. The molecule has 136 valence electrons. The second kappa shape index (κ2) is 7.13. The molecule has 0 radical (unpaired) electrons. The fraction of sp³-hybridized carbons (Fsp3) is 0.222. The fourth-order valence-electron chi connectivity index (χ4n) is 2.59. The van der Waals surface area contributed by atoms with E-state index < -0.39 is 10.0 Å². The Balaban J connectivity index is 1.75. The highest BCUT2D eigenvalue weighted by molar-refractivity contribution is 8.00. The van der Waals surface area contributed by atoms with Crippen LogP contribution in [0.4, 0.5) is 5.69 Å². The summed E-state index contributed by atoms with van der Waals surface area (Å²) in [6.45, 7) is 1.84. The summed E-state index contributed by atoms with van der Waals surface area (Å²) in [5, 5.41) is 0.460. The zero-order chi connectivity index (χ0) is 18.9. The number of imidazole rings is 1. The normalized spacial score (nSPS) is 12.9. The minimum atomic E-state index is -3.33. The van der Waals surface area contributed by atoms with Crippen molar-refractivity contribution in [1.29, 1.82) is 0 Å². The third-order valence-corrected chi connectivity index (χ3v) is 5.62. The Morgan fingerprint density at radius 1 is 1.15 bits per heavy atom. The molecule has 0 bridgehead atoms. The van der Waals surface area contributed by atoms with Gasteiger partial charge in [0.1, 0.15) is 0 Å². The SMILES string of the molecule is CC(Sc1nc2ccccc2n1C)C(=O)c1ccc(NS(C)(=O)=O)cc1. The van der Waals surface area contributed by atoms with Gasteiger partial charge in [0.05, 0.1) is 22.5 Å². The minimum Gasteiger partial charge on any atom is -0.322 e.